The first kappa shape index (κ1) is 12.2. The van der Waals surface area contributed by atoms with E-state index in [1.54, 1.807) is 6.07 Å². The van der Waals surface area contributed by atoms with Crippen molar-refractivity contribution in [1.29, 1.82) is 0 Å². The van der Waals surface area contributed by atoms with Gasteiger partial charge in [-0.2, -0.15) is 0 Å². The van der Waals surface area contributed by atoms with Gasteiger partial charge >= 0.3 is 0 Å². The summed E-state index contributed by atoms with van der Waals surface area (Å²) in [6.07, 6.45) is 1.83. The van der Waals surface area contributed by atoms with Gasteiger partial charge in [0.25, 0.3) is 0 Å². The summed E-state index contributed by atoms with van der Waals surface area (Å²) in [5.74, 6) is 0.370. The minimum Gasteiger partial charge on any atom is -0.486 e. The predicted molar refractivity (Wildman–Crippen MR) is 69.7 cm³/mol. The Balaban J connectivity index is 2.16. The second-order valence-electron chi connectivity index (χ2n) is 5.02. The SMILES string of the molecule is CC(N)C1(c2c(Br)cc3c(c2F)OCCO3)CC1. The van der Waals surface area contributed by atoms with Crippen molar-refractivity contribution in [2.45, 2.75) is 31.2 Å². The Morgan fingerprint density at radius 1 is 1.39 bits per heavy atom. The van der Waals surface area contributed by atoms with Crippen LogP contribution in [0.4, 0.5) is 4.39 Å². The Bertz CT molecular complexity index is 500. The molecule has 18 heavy (non-hydrogen) atoms. The van der Waals surface area contributed by atoms with Crippen LogP contribution in [0.5, 0.6) is 11.5 Å². The Kier molecular flexibility index (Phi) is 2.79. The van der Waals surface area contributed by atoms with Gasteiger partial charge in [-0.1, -0.05) is 15.9 Å². The normalized spacial score (nSPS) is 21.6. The molecule has 0 aromatic heterocycles. The topological polar surface area (TPSA) is 44.5 Å². The Hall–Kier alpha value is -0.810. The van der Waals surface area contributed by atoms with Crippen molar-refractivity contribution in [3.8, 4) is 11.5 Å². The zero-order valence-corrected chi connectivity index (χ0v) is 11.7. The molecule has 0 amide bonds. The fraction of sp³-hybridized carbons (Fsp3) is 0.538. The number of hydrogen-bond acceptors (Lipinski definition) is 3. The zero-order chi connectivity index (χ0) is 12.9. The van der Waals surface area contributed by atoms with Gasteiger partial charge in [0.15, 0.2) is 17.3 Å². The Morgan fingerprint density at radius 2 is 2.06 bits per heavy atom. The summed E-state index contributed by atoms with van der Waals surface area (Å²) >= 11 is 3.44. The molecule has 1 aromatic rings. The highest BCUT2D eigenvalue weighted by Gasteiger charge is 2.51. The molecule has 3 nitrogen and oxygen atoms in total. The number of benzene rings is 1. The highest BCUT2D eigenvalue weighted by molar-refractivity contribution is 9.10. The van der Waals surface area contributed by atoms with Crippen LogP contribution in [0.25, 0.3) is 0 Å². The number of ether oxygens (including phenoxy) is 2. The van der Waals surface area contributed by atoms with Crippen molar-refractivity contribution in [3.05, 3.63) is 21.9 Å². The molecule has 1 heterocycles. The number of hydrogen-bond donors (Lipinski definition) is 1. The van der Waals surface area contributed by atoms with Gasteiger partial charge < -0.3 is 15.2 Å². The molecule has 1 aliphatic carbocycles. The van der Waals surface area contributed by atoms with Crippen molar-refractivity contribution in [2.75, 3.05) is 13.2 Å². The van der Waals surface area contributed by atoms with Crippen LogP contribution in [-0.4, -0.2) is 19.3 Å². The van der Waals surface area contributed by atoms with Gasteiger partial charge in [0.1, 0.15) is 13.2 Å². The van der Waals surface area contributed by atoms with Crippen LogP contribution in [0.2, 0.25) is 0 Å². The molecule has 1 atom stereocenters. The monoisotopic (exact) mass is 315 g/mol. The Labute approximate surface area is 114 Å². The lowest BCUT2D eigenvalue weighted by molar-refractivity contribution is 0.163. The van der Waals surface area contributed by atoms with Gasteiger partial charge in [-0.25, -0.2) is 4.39 Å². The molecular weight excluding hydrogens is 301 g/mol. The molecule has 3 rings (SSSR count). The van der Waals surface area contributed by atoms with Crippen molar-refractivity contribution >= 4 is 15.9 Å². The van der Waals surface area contributed by atoms with Crippen molar-refractivity contribution in [1.82, 2.24) is 0 Å². The van der Waals surface area contributed by atoms with E-state index in [0.717, 1.165) is 17.3 Å². The minimum absolute atomic E-state index is 0.0779. The summed E-state index contributed by atoms with van der Waals surface area (Å²) in [7, 11) is 0. The second kappa shape index (κ2) is 4.10. The van der Waals surface area contributed by atoms with Gasteiger partial charge in [0, 0.05) is 21.5 Å². The van der Waals surface area contributed by atoms with Gasteiger partial charge in [-0.15, -0.1) is 0 Å². The molecule has 1 fully saturated rings. The average Bonchev–Trinajstić information content (AvgIpc) is 3.10. The molecule has 1 saturated carbocycles. The van der Waals surface area contributed by atoms with Crippen LogP contribution in [-0.2, 0) is 5.41 Å². The smallest absolute Gasteiger partial charge is 0.197 e. The first-order valence-electron chi connectivity index (χ1n) is 6.10. The lowest BCUT2D eigenvalue weighted by Gasteiger charge is -2.26. The fourth-order valence-corrected chi connectivity index (χ4v) is 3.42. The van der Waals surface area contributed by atoms with Gasteiger partial charge in [0.2, 0.25) is 0 Å². The number of rotatable bonds is 2. The van der Waals surface area contributed by atoms with Gasteiger partial charge in [-0.05, 0) is 25.8 Å². The number of nitrogens with two attached hydrogens (primary N) is 1. The average molecular weight is 316 g/mol. The third kappa shape index (κ3) is 1.64. The highest BCUT2D eigenvalue weighted by atomic mass is 79.9. The van der Waals surface area contributed by atoms with Gasteiger partial charge in [0.05, 0.1) is 0 Å². The molecule has 0 bridgehead atoms. The van der Waals surface area contributed by atoms with E-state index in [4.69, 9.17) is 15.2 Å². The maximum absolute atomic E-state index is 14.6. The quantitative estimate of drug-likeness (QED) is 0.912. The van der Waals surface area contributed by atoms with Crippen molar-refractivity contribution < 1.29 is 13.9 Å². The number of halogens is 2. The van der Waals surface area contributed by atoms with Crippen molar-refractivity contribution in [3.63, 3.8) is 0 Å². The summed E-state index contributed by atoms with van der Waals surface area (Å²) in [6, 6.07) is 1.71. The number of fused-ring (bicyclic) bond motifs is 1. The first-order valence-corrected chi connectivity index (χ1v) is 6.89. The predicted octanol–water partition coefficient (Wildman–Crippen LogP) is 2.74. The minimum atomic E-state index is -0.325. The molecule has 1 aromatic carbocycles. The molecular formula is C13H15BrFNO2. The van der Waals surface area contributed by atoms with E-state index < -0.39 is 0 Å². The van der Waals surface area contributed by atoms with E-state index >= 15 is 0 Å². The molecule has 0 radical (unpaired) electrons. The first-order chi connectivity index (χ1) is 8.56. The molecule has 5 heteroatoms. The lowest BCUT2D eigenvalue weighted by atomic mass is 9.88. The lowest BCUT2D eigenvalue weighted by Crippen LogP contribution is -2.33. The Morgan fingerprint density at radius 3 is 2.67 bits per heavy atom. The molecule has 0 spiro atoms. The summed E-state index contributed by atoms with van der Waals surface area (Å²) in [4.78, 5) is 0. The van der Waals surface area contributed by atoms with E-state index in [1.165, 1.54) is 0 Å². The van der Waals surface area contributed by atoms with Crippen LogP contribution in [0, 0.1) is 5.82 Å². The fourth-order valence-electron chi connectivity index (χ4n) is 2.64. The zero-order valence-electron chi connectivity index (χ0n) is 10.1. The standard InChI is InChI=1S/C13H15BrFNO2/c1-7(16)13(2-3-13)10-8(14)6-9-12(11(10)15)18-5-4-17-9/h6-7H,2-5,16H2,1H3. The molecule has 2 aliphatic rings. The van der Waals surface area contributed by atoms with E-state index in [1.807, 2.05) is 6.92 Å². The molecule has 2 N–H and O–H groups in total. The van der Waals surface area contributed by atoms with Gasteiger partial charge in [-0.3, -0.25) is 0 Å². The maximum atomic E-state index is 14.6. The van der Waals surface area contributed by atoms with Crippen molar-refractivity contribution in [2.24, 2.45) is 5.73 Å². The second-order valence-corrected chi connectivity index (χ2v) is 5.87. The third-order valence-corrected chi connectivity index (χ3v) is 4.51. The highest BCUT2D eigenvalue weighted by Crippen LogP contribution is 2.55. The van der Waals surface area contributed by atoms with Crippen LogP contribution < -0.4 is 15.2 Å². The maximum Gasteiger partial charge on any atom is 0.197 e. The van der Waals surface area contributed by atoms with Crippen LogP contribution >= 0.6 is 15.9 Å². The molecule has 0 saturated heterocycles. The van der Waals surface area contributed by atoms with E-state index in [2.05, 4.69) is 15.9 Å². The van der Waals surface area contributed by atoms with Crippen LogP contribution in [0.3, 0.4) is 0 Å². The van der Waals surface area contributed by atoms with Crippen LogP contribution in [0.15, 0.2) is 10.5 Å². The summed E-state index contributed by atoms with van der Waals surface area (Å²) in [6.45, 7) is 2.77. The van der Waals surface area contributed by atoms with Crippen LogP contribution in [0.1, 0.15) is 25.3 Å². The van der Waals surface area contributed by atoms with E-state index in [0.29, 0.717) is 24.5 Å². The largest absolute Gasteiger partial charge is 0.486 e. The molecule has 1 unspecified atom stereocenters. The third-order valence-electron chi connectivity index (χ3n) is 3.88. The molecule has 1 aliphatic heterocycles. The molecule has 98 valence electrons. The summed E-state index contributed by atoms with van der Waals surface area (Å²) in [5, 5.41) is 0. The summed E-state index contributed by atoms with van der Waals surface area (Å²) < 4.78 is 26.1. The van der Waals surface area contributed by atoms with E-state index in [-0.39, 0.29) is 23.0 Å². The summed E-state index contributed by atoms with van der Waals surface area (Å²) in [5.41, 5.74) is 6.41. The van der Waals surface area contributed by atoms with E-state index in [9.17, 15) is 4.39 Å².